The summed E-state index contributed by atoms with van der Waals surface area (Å²) in [4.78, 5) is 2.55. The number of furan rings is 2. The van der Waals surface area contributed by atoms with Gasteiger partial charge >= 0.3 is 0 Å². The van der Waals surface area contributed by atoms with Gasteiger partial charge in [-0.2, -0.15) is 0 Å². The Morgan fingerprint density at radius 1 is 0.347 bits per heavy atom. The predicted octanol–water partition coefficient (Wildman–Crippen LogP) is 20.1. The molecule has 3 aliphatic carbocycles. The van der Waals surface area contributed by atoms with E-state index in [0.29, 0.717) is 0 Å². The SMILES string of the molecule is Cc1cc(C)c(N(c2ccc3c(c2)C(C)(C)c2cc4c(cc2-3)C(C)(C)c2ccc3oc5ccccc5c3c2-4)c2ccc3c(c2)C(C)(C)c2cc(-c4ccccc4-c4ccccc4)c4oc5ccccc5c4c2-3)c(C)c1. The van der Waals surface area contributed by atoms with Crippen molar-refractivity contribution in [2.45, 2.75) is 78.6 Å². The molecule has 10 aromatic carbocycles. The van der Waals surface area contributed by atoms with Crippen LogP contribution in [0.15, 0.2) is 191 Å². The van der Waals surface area contributed by atoms with E-state index in [-0.39, 0.29) is 16.2 Å². The second-order valence-electron chi connectivity index (χ2n) is 23.4. The van der Waals surface area contributed by atoms with Crippen molar-refractivity contribution in [3.63, 3.8) is 0 Å². The number of hydrogen-bond donors (Lipinski definition) is 0. The minimum absolute atomic E-state index is 0.178. The summed E-state index contributed by atoms with van der Waals surface area (Å²) in [6.45, 7) is 21.2. The number of aryl methyl sites for hydroxylation is 3. The number of anilines is 3. The molecule has 0 radical (unpaired) electrons. The summed E-state index contributed by atoms with van der Waals surface area (Å²) >= 11 is 0. The third-order valence-electron chi connectivity index (χ3n) is 17.9. The van der Waals surface area contributed by atoms with E-state index in [1.807, 2.05) is 0 Å². The van der Waals surface area contributed by atoms with Crippen LogP contribution < -0.4 is 4.90 Å². The van der Waals surface area contributed by atoms with Crippen LogP contribution in [0.5, 0.6) is 0 Å². The quantitative estimate of drug-likeness (QED) is 0.172. The second-order valence-corrected chi connectivity index (χ2v) is 23.4. The Morgan fingerprint density at radius 3 is 1.59 bits per heavy atom. The molecule has 75 heavy (non-hydrogen) atoms. The van der Waals surface area contributed by atoms with Crippen LogP contribution in [0.2, 0.25) is 0 Å². The molecule has 0 saturated carbocycles. The molecule has 0 spiro atoms. The highest BCUT2D eigenvalue weighted by atomic mass is 16.3. The summed E-state index contributed by atoms with van der Waals surface area (Å²) < 4.78 is 13.5. The summed E-state index contributed by atoms with van der Waals surface area (Å²) in [5.41, 5.74) is 30.8. The van der Waals surface area contributed by atoms with Gasteiger partial charge in [0.2, 0.25) is 0 Å². The summed E-state index contributed by atoms with van der Waals surface area (Å²) in [5.74, 6) is 0. The lowest BCUT2D eigenvalue weighted by Gasteiger charge is -2.32. The lowest BCUT2D eigenvalue weighted by atomic mass is 9.79. The van der Waals surface area contributed by atoms with Gasteiger partial charge in [-0.05, 0) is 176 Å². The van der Waals surface area contributed by atoms with E-state index in [9.17, 15) is 0 Å². The molecule has 0 fully saturated rings. The molecule has 2 aromatic heterocycles. The lowest BCUT2D eigenvalue weighted by molar-refractivity contribution is 0.651. The van der Waals surface area contributed by atoms with Crippen LogP contribution in [0.1, 0.15) is 91.6 Å². The monoisotopic (exact) mass is 967 g/mol. The maximum absolute atomic E-state index is 6.99. The summed E-state index contributed by atoms with van der Waals surface area (Å²) in [5, 5.41) is 4.73. The summed E-state index contributed by atoms with van der Waals surface area (Å²) in [6, 6.07) is 67.9. The Morgan fingerprint density at radius 2 is 0.867 bits per heavy atom. The first-order valence-electron chi connectivity index (χ1n) is 26.7. The van der Waals surface area contributed by atoms with Gasteiger partial charge in [-0.25, -0.2) is 0 Å². The zero-order chi connectivity index (χ0) is 51.0. The number of hydrogen-bond acceptors (Lipinski definition) is 3. The highest BCUT2D eigenvalue weighted by molar-refractivity contribution is 6.20. The molecule has 0 saturated heterocycles. The molecule has 0 unspecified atom stereocenters. The first-order chi connectivity index (χ1) is 36.2. The molecule has 362 valence electrons. The van der Waals surface area contributed by atoms with Crippen molar-refractivity contribution in [3.8, 4) is 55.6 Å². The molecule has 0 aliphatic heterocycles. The molecule has 12 aromatic rings. The molecule has 0 amide bonds. The fourth-order valence-electron chi connectivity index (χ4n) is 14.3. The smallest absolute Gasteiger partial charge is 0.143 e. The van der Waals surface area contributed by atoms with E-state index < -0.39 is 0 Å². The van der Waals surface area contributed by atoms with Gasteiger partial charge in [0.25, 0.3) is 0 Å². The van der Waals surface area contributed by atoms with Crippen molar-refractivity contribution < 1.29 is 8.83 Å². The Hall–Kier alpha value is -8.40. The number of fused-ring (bicyclic) bond motifs is 17. The molecular formula is C72H57NO2. The third-order valence-corrected chi connectivity index (χ3v) is 17.9. The van der Waals surface area contributed by atoms with Gasteiger partial charge in [0.1, 0.15) is 22.3 Å². The summed E-state index contributed by atoms with van der Waals surface area (Å²) in [7, 11) is 0. The molecule has 3 nitrogen and oxygen atoms in total. The molecule has 0 bridgehead atoms. The van der Waals surface area contributed by atoms with Gasteiger partial charge < -0.3 is 13.7 Å². The van der Waals surface area contributed by atoms with Crippen LogP contribution in [0.4, 0.5) is 17.1 Å². The largest absolute Gasteiger partial charge is 0.456 e. The predicted molar refractivity (Wildman–Crippen MR) is 313 cm³/mol. The maximum atomic E-state index is 6.99. The van der Waals surface area contributed by atoms with E-state index in [1.165, 1.54) is 122 Å². The van der Waals surface area contributed by atoms with Crippen LogP contribution in [0.3, 0.4) is 0 Å². The normalized spacial score (nSPS) is 15.1. The van der Waals surface area contributed by atoms with Crippen molar-refractivity contribution in [3.05, 3.63) is 232 Å². The standard InChI is InChI=1S/C72H57NO2/c1-40-33-41(2)68(42(3)34-40)73(44-27-29-48-52-37-59-54(39-58(52)71(6,7)56(48)35-44)65-55(70(59,4)5)31-32-63-66(65)50-23-15-17-25-61(50)74-63)45-28-30-49-57(36-45)72(8,9)60-38-53(47-22-14-13-21-46(47)43-19-11-10-12-20-43)69-67(64(49)60)51-24-16-18-26-62(51)75-69/h10-39H,1-9H3. The number of benzene rings is 10. The third kappa shape index (κ3) is 5.93. The molecule has 3 aliphatic rings. The fraction of sp³-hybridized carbons (Fsp3) is 0.167. The van der Waals surface area contributed by atoms with Crippen molar-refractivity contribution in [2.75, 3.05) is 4.90 Å². The zero-order valence-corrected chi connectivity index (χ0v) is 44.1. The number of rotatable bonds is 5. The highest BCUT2D eigenvalue weighted by Gasteiger charge is 2.44. The van der Waals surface area contributed by atoms with Crippen molar-refractivity contribution in [2.24, 2.45) is 0 Å². The van der Waals surface area contributed by atoms with Crippen LogP contribution >= 0.6 is 0 Å². The Bertz CT molecular complexity index is 4450. The Balaban J connectivity index is 0.906. The Labute approximate surface area is 438 Å². The lowest BCUT2D eigenvalue weighted by Crippen LogP contribution is -2.19. The van der Waals surface area contributed by atoms with Crippen LogP contribution in [0.25, 0.3) is 99.5 Å². The average Bonchev–Trinajstić information content (AvgIpc) is 4.35. The number of para-hydroxylation sites is 2. The molecule has 15 rings (SSSR count). The van der Waals surface area contributed by atoms with E-state index in [0.717, 1.165) is 44.7 Å². The molecule has 0 N–H and O–H groups in total. The van der Waals surface area contributed by atoms with Gasteiger partial charge in [0, 0.05) is 54.7 Å². The summed E-state index contributed by atoms with van der Waals surface area (Å²) in [6.07, 6.45) is 0. The van der Waals surface area contributed by atoms with Crippen LogP contribution in [-0.4, -0.2) is 0 Å². The van der Waals surface area contributed by atoms with Crippen LogP contribution in [0, 0.1) is 20.8 Å². The maximum Gasteiger partial charge on any atom is 0.143 e. The van der Waals surface area contributed by atoms with Crippen molar-refractivity contribution in [1.29, 1.82) is 0 Å². The molecule has 0 atom stereocenters. The zero-order valence-electron chi connectivity index (χ0n) is 44.1. The van der Waals surface area contributed by atoms with Crippen molar-refractivity contribution >= 4 is 60.9 Å². The van der Waals surface area contributed by atoms with Gasteiger partial charge in [-0.1, -0.05) is 168 Å². The minimum atomic E-state index is -0.338. The first kappa shape index (κ1) is 44.1. The second kappa shape index (κ2) is 15.1. The van der Waals surface area contributed by atoms with Gasteiger partial charge in [0.05, 0.1) is 5.69 Å². The fourth-order valence-corrected chi connectivity index (χ4v) is 14.3. The van der Waals surface area contributed by atoms with Crippen molar-refractivity contribution in [1.82, 2.24) is 0 Å². The van der Waals surface area contributed by atoms with Crippen LogP contribution in [-0.2, 0) is 16.2 Å². The van der Waals surface area contributed by atoms with Gasteiger partial charge in [-0.15, -0.1) is 0 Å². The average molecular weight is 968 g/mol. The minimum Gasteiger partial charge on any atom is -0.456 e. The highest BCUT2D eigenvalue weighted by Crippen LogP contribution is 2.60. The number of nitrogens with zero attached hydrogens (tertiary/aromatic N) is 1. The first-order valence-corrected chi connectivity index (χ1v) is 26.7. The van der Waals surface area contributed by atoms with Gasteiger partial charge in [0.15, 0.2) is 0 Å². The van der Waals surface area contributed by atoms with E-state index in [2.05, 4.69) is 249 Å². The molecule has 2 heterocycles. The van der Waals surface area contributed by atoms with Gasteiger partial charge in [-0.3, -0.25) is 0 Å². The topological polar surface area (TPSA) is 29.5 Å². The Kier molecular flexibility index (Phi) is 8.89. The van der Waals surface area contributed by atoms with E-state index in [1.54, 1.807) is 0 Å². The molecular weight excluding hydrogens is 911 g/mol. The molecule has 3 heteroatoms. The van der Waals surface area contributed by atoms with E-state index >= 15 is 0 Å². The van der Waals surface area contributed by atoms with E-state index in [4.69, 9.17) is 8.83 Å².